The quantitative estimate of drug-likeness (QED) is 0.475. The van der Waals surface area contributed by atoms with Crippen molar-refractivity contribution in [1.82, 2.24) is 14.6 Å². The van der Waals surface area contributed by atoms with Gasteiger partial charge in [0.05, 0.1) is 11.7 Å². The second kappa shape index (κ2) is 6.87. The first-order valence-electron chi connectivity index (χ1n) is 9.37. The molecular weight excluding hydrogens is 360 g/mol. The summed E-state index contributed by atoms with van der Waals surface area (Å²) in [6, 6.07) is 19.5. The number of hydrogen-bond donors (Lipinski definition) is 1. The van der Waals surface area contributed by atoms with Crippen LogP contribution in [0.1, 0.15) is 15.9 Å². The zero-order valence-electron chi connectivity index (χ0n) is 15.8. The fraction of sp³-hybridized carbons (Fsp3) is 0.0417. The average Bonchev–Trinajstić information content (AvgIpc) is 3.18. The van der Waals surface area contributed by atoms with E-state index in [0.29, 0.717) is 5.56 Å². The lowest BCUT2D eigenvalue weighted by Gasteiger charge is -2.08. The molecule has 1 N–H and O–H groups in total. The lowest BCUT2D eigenvalue weighted by molar-refractivity contribution is 0.102. The molecule has 0 bridgehead atoms. The van der Waals surface area contributed by atoms with Crippen LogP contribution in [0.25, 0.3) is 27.4 Å². The molecule has 0 aliphatic rings. The van der Waals surface area contributed by atoms with E-state index in [-0.39, 0.29) is 5.91 Å². The molecule has 0 saturated carbocycles. The van der Waals surface area contributed by atoms with Crippen LogP contribution in [0.3, 0.4) is 0 Å². The van der Waals surface area contributed by atoms with Crippen LogP contribution in [-0.2, 0) is 0 Å². The predicted molar refractivity (Wildman–Crippen MR) is 115 cm³/mol. The van der Waals surface area contributed by atoms with E-state index in [1.165, 1.54) is 0 Å². The highest BCUT2D eigenvalue weighted by Gasteiger charge is 2.13. The number of anilines is 1. The number of aromatic nitrogens is 3. The topological polar surface area (TPSA) is 59.3 Å². The monoisotopic (exact) mass is 378 g/mol. The first-order chi connectivity index (χ1) is 14.2. The van der Waals surface area contributed by atoms with E-state index in [1.54, 1.807) is 16.8 Å². The van der Waals surface area contributed by atoms with Crippen molar-refractivity contribution >= 4 is 27.9 Å². The number of amides is 1. The molecule has 5 rings (SSSR count). The van der Waals surface area contributed by atoms with Crippen molar-refractivity contribution in [3.8, 4) is 11.1 Å². The van der Waals surface area contributed by atoms with Crippen LogP contribution in [0, 0.1) is 6.92 Å². The number of aryl methyl sites for hydroxylation is 1. The van der Waals surface area contributed by atoms with Gasteiger partial charge in [0, 0.05) is 46.4 Å². The number of nitrogens with one attached hydrogen (secondary N) is 1. The maximum Gasteiger partial charge on any atom is 0.255 e. The Balaban J connectivity index is 1.57. The van der Waals surface area contributed by atoms with Crippen molar-refractivity contribution in [2.24, 2.45) is 0 Å². The van der Waals surface area contributed by atoms with Crippen molar-refractivity contribution in [2.45, 2.75) is 6.92 Å². The van der Waals surface area contributed by atoms with Crippen LogP contribution in [0.4, 0.5) is 5.69 Å². The van der Waals surface area contributed by atoms with Gasteiger partial charge in [-0.1, -0.05) is 42.0 Å². The molecule has 0 fully saturated rings. The maximum absolute atomic E-state index is 12.8. The number of carbonyl (C=O) groups is 1. The Morgan fingerprint density at radius 3 is 2.62 bits per heavy atom. The molecule has 3 heterocycles. The number of rotatable bonds is 3. The third-order valence-corrected chi connectivity index (χ3v) is 5.05. The minimum absolute atomic E-state index is 0.153. The summed E-state index contributed by atoms with van der Waals surface area (Å²) in [6.07, 6.45) is 7.32. The lowest BCUT2D eigenvalue weighted by Crippen LogP contribution is -2.12. The van der Waals surface area contributed by atoms with E-state index >= 15 is 0 Å². The van der Waals surface area contributed by atoms with Crippen LogP contribution in [0.2, 0.25) is 0 Å². The molecule has 0 saturated heterocycles. The Labute approximate surface area is 167 Å². The molecule has 3 aromatic heterocycles. The minimum Gasteiger partial charge on any atom is -0.322 e. The van der Waals surface area contributed by atoms with E-state index in [0.717, 1.165) is 38.7 Å². The number of carbonyl (C=O) groups excluding carboxylic acids is 1. The fourth-order valence-corrected chi connectivity index (χ4v) is 3.50. The molecule has 2 aromatic carbocycles. The summed E-state index contributed by atoms with van der Waals surface area (Å²) >= 11 is 0. The Kier molecular flexibility index (Phi) is 4.06. The van der Waals surface area contributed by atoms with E-state index in [9.17, 15) is 4.79 Å². The number of hydrogen-bond acceptors (Lipinski definition) is 3. The average molecular weight is 378 g/mol. The van der Waals surface area contributed by atoms with Gasteiger partial charge in [-0.05, 0) is 36.6 Å². The van der Waals surface area contributed by atoms with Gasteiger partial charge >= 0.3 is 0 Å². The largest absolute Gasteiger partial charge is 0.322 e. The smallest absolute Gasteiger partial charge is 0.255 e. The zero-order valence-corrected chi connectivity index (χ0v) is 15.8. The molecule has 0 aliphatic carbocycles. The molecule has 0 spiro atoms. The molecule has 1 amide bonds. The van der Waals surface area contributed by atoms with E-state index < -0.39 is 0 Å². The Morgan fingerprint density at radius 2 is 1.76 bits per heavy atom. The minimum atomic E-state index is -0.153. The van der Waals surface area contributed by atoms with Crippen molar-refractivity contribution in [3.05, 3.63) is 96.6 Å². The molecular formula is C24H18N4O. The highest BCUT2D eigenvalue weighted by atomic mass is 16.1. The van der Waals surface area contributed by atoms with Crippen molar-refractivity contribution in [3.63, 3.8) is 0 Å². The van der Waals surface area contributed by atoms with Gasteiger partial charge in [0.1, 0.15) is 0 Å². The van der Waals surface area contributed by atoms with Gasteiger partial charge in [0.25, 0.3) is 5.91 Å². The fourth-order valence-electron chi connectivity index (χ4n) is 3.50. The highest BCUT2D eigenvalue weighted by molar-refractivity contribution is 6.06. The summed E-state index contributed by atoms with van der Waals surface area (Å²) in [5, 5.41) is 9.57. The summed E-state index contributed by atoms with van der Waals surface area (Å²) in [5.41, 5.74) is 5.30. The van der Waals surface area contributed by atoms with Crippen molar-refractivity contribution in [1.29, 1.82) is 0 Å². The molecule has 5 nitrogen and oxygen atoms in total. The first kappa shape index (κ1) is 17.1. The van der Waals surface area contributed by atoms with Gasteiger partial charge in [0.15, 0.2) is 0 Å². The predicted octanol–water partition coefficient (Wildman–Crippen LogP) is 5.11. The Bertz CT molecular complexity index is 1350. The summed E-state index contributed by atoms with van der Waals surface area (Å²) in [7, 11) is 0. The maximum atomic E-state index is 12.8. The van der Waals surface area contributed by atoms with Crippen molar-refractivity contribution < 1.29 is 4.79 Å². The molecule has 0 aliphatic heterocycles. The zero-order chi connectivity index (χ0) is 19.8. The summed E-state index contributed by atoms with van der Waals surface area (Å²) in [5.74, 6) is -0.153. The number of pyridine rings is 2. The summed E-state index contributed by atoms with van der Waals surface area (Å²) in [4.78, 5) is 17.2. The normalized spacial score (nSPS) is 11.1. The standard InChI is InChI=1S/C24H18N4O/c1-16-6-8-19(9-7-16)27-24(29)17-10-11-28-23(12-17)22(15-26-28)21-14-25-13-18-4-2-3-5-20(18)21/h2-15H,1H3,(H,27,29). The van der Waals surface area contributed by atoms with Crippen LogP contribution in [0.5, 0.6) is 0 Å². The first-order valence-corrected chi connectivity index (χ1v) is 9.37. The summed E-state index contributed by atoms with van der Waals surface area (Å²) < 4.78 is 1.78. The van der Waals surface area contributed by atoms with Gasteiger partial charge in [-0.25, -0.2) is 4.52 Å². The van der Waals surface area contributed by atoms with E-state index in [2.05, 4.69) is 21.5 Å². The van der Waals surface area contributed by atoms with Gasteiger partial charge < -0.3 is 5.32 Å². The molecule has 140 valence electrons. The molecule has 0 atom stereocenters. The Hall–Kier alpha value is -3.99. The van der Waals surface area contributed by atoms with E-state index in [1.807, 2.05) is 74.0 Å². The molecule has 5 heteroatoms. The second-order valence-corrected chi connectivity index (χ2v) is 7.03. The second-order valence-electron chi connectivity index (χ2n) is 7.03. The lowest BCUT2D eigenvalue weighted by atomic mass is 10.0. The Morgan fingerprint density at radius 1 is 0.931 bits per heavy atom. The number of nitrogens with zero attached hydrogens (tertiary/aromatic N) is 3. The third-order valence-electron chi connectivity index (χ3n) is 5.05. The van der Waals surface area contributed by atoms with Gasteiger partial charge in [-0.2, -0.15) is 5.10 Å². The molecule has 29 heavy (non-hydrogen) atoms. The van der Waals surface area contributed by atoms with Gasteiger partial charge in [-0.3, -0.25) is 9.78 Å². The molecule has 5 aromatic rings. The molecule has 0 unspecified atom stereocenters. The summed E-state index contributed by atoms with van der Waals surface area (Å²) in [6.45, 7) is 2.02. The SMILES string of the molecule is Cc1ccc(NC(=O)c2ccn3ncc(-c4cncc5ccccc45)c3c2)cc1. The van der Waals surface area contributed by atoms with Crippen LogP contribution < -0.4 is 5.32 Å². The van der Waals surface area contributed by atoms with Crippen molar-refractivity contribution in [2.75, 3.05) is 5.32 Å². The van der Waals surface area contributed by atoms with Crippen LogP contribution >= 0.6 is 0 Å². The van der Waals surface area contributed by atoms with Gasteiger partial charge in [-0.15, -0.1) is 0 Å². The molecule has 0 radical (unpaired) electrons. The number of benzene rings is 2. The van der Waals surface area contributed by atoms with Crippen LogP contribution in [0.15, 0.2) is 85.5 Å². The third kappa shape index (κ3) is 3.12. The van der Waals surface area contributed by atoms with Gasteiger partial charge in [0.2, 0.25) is 0 Å². The number of fused-ring (bicyclic) bond motifs is 2. The van der Waals surface area contributed by atoms with E-state index in [4.69, 9.17) is 0 Å². The van der Waals surface area contributed by atoms with Crippen LogP contribution in [-0.4, -0.2) is 20.5 Å². The highest BCUT2D eigenvalue weighted by Crippen LogP contribution is 2.31.